The third-order valence-electron chi connectivity index (χ3n) is 3.16. The van der Waals surface area contributed by atoms with Crippen LogP contribution in [0.5, 0.6) is 0 Å². The van der Waals surface area contributed by atoms with Gasteiger partial charge in [0.05, 0.1) is 30.5 Å². The van der Waals surface area contributed by atoms with Crippen LogP contribution < -0.4 is 4.90 Å². The number of Topliss-reactive ketones (excluding diaryl/α,β-unsaturated/α-hetero) is 1. The molecule has 136 valence electrons. The lowest BCUT2D eigenvalue weighted by molar-refractivity contribution is -0.139. The molecule has 0 radical (unpaired) electrons. The third kappa shape index (κ3) is 5.25. The van der Waals surface area contributed by atoms with E-state index in [0.29, 0.717) is 0 Å². The second-order valence-electron chi connectivity index (χ2n) is 5.03. The minimum atomic E-state index is -1.43. The molecule has 0 aliphatic heterocycles. The lowest BCUT2D eigenvalue weighted by Crippen LogP contribution is -2.34. The minimum Gasteiger partial charge on any atom is -0.481 e. The van der Waals surface area contributed by atoms with Gasteiger partial charge in [0.25, 0.3) is 0 Å². The fraction of sp³-hybridized carbons (Fsp3) is 0.467. The van der Waals surface area contributed by atoms with Gasteiger partial charge in [0.1, 0.15) is 23.4 Å². The lowest BCUT2D eigenvalue weighted by atomic mass is 10.1. The zero-order valence-electron chi connectivity index (χ0n) is 13.9. The first-order valence-corrected chi connectivity index (χ1v) is 7.86. The second kappa shape index (κ2) is 9.12. The maximum Gasteiger partial charge on any atom is 0.325 e. The number of nitriles is 1. The summed E-state index contributed by atoms with van der Waals surface area (Å²) in [5.41, 5.74) is 0.0615. The first kappa shape index (κ1) is 20.6. The van der Waals surface area contributed by atoms with Crippen molar-refractivity contribution >= 4 is 34.1 Å². The number of thiophene rings is 1. The van der Waals surface area contributed by atoms with Gasteiger partial charge in [0, 0.05) is 12.7 Å². The van der Waals surface area contributed by atoms with Crippen LogP contribution in [-0.2, 0) is 30.3 Å². The number of carboxylic acids is 1. The topological polar surface area (TPSA) is 137 Å². The van der Waals surface area contributed by atoms with E-state index < -0.39 is 24.6 Å². The number of anilines is 1. The standard InChI is InChI=1S/C15H18N2O7S/c1-8(18)6-17(7-12(21)23-2)14-10(5-16)9(4-11(19)20)13(25-14)15(22)24-3/h15,22H,4,6-7H2,1-3H3,(H,19,20). The van der Waals surface area contributed by atoms with Crippen LogP contribution in [0.2, 0.25) is 0 Å². The van der Waals surface area contributed by atoms with Crippen LogP contribution in [0.4, 0.5) is 5.00 Å². The van der Waals surface area contributed by atoms with Crippen molar-refractivity contribution < 1.29 is 34.1 Å². The van der Waals surface area contributed by atoms with Gasteiger partial charge < -0.3 is 24.6 Å². The number of aliphatic hydroxyl groups is 1. The highest BCUT2D eigenvalue weighted by Gasteiger charge is 2.28. The Hall–Kier alpha value is -2.48. The molecule has 0 amide bonds. The highest BCUT2D eigenvalue weighted by atomic mass is 32.1. The van der Waals surface area contributed by atoms with E-state index in [1.54, 1.807) is 0 Å². The fourth-order valence-electron chi connectivity index (χ4n) is 2.13. The van der Waals surface area contributed by atoms with Crippen LogP contribution in [0.15, 0.2) is 0 Å². The predicted molar refractivity (Wildman–Crippen MR) is 87.3 cm³/mol. The number of hydrogen-bond acceptors (Lipinski definition) is 9. The summed E-state index contributed by atoms with van der Waals surface area (Å²) in [4.78, 5) is 35.7. The molecular formula is C15H18N2O7S. The summed E-state index contributed by atoms with van der Waals surface area (Å²) in [5.74, 6) is -2.10. The molecule has 1 aromatic heterocycles. The lowest BCUT2D eigenvalue weighted by Gasteiger charge is -2.20. The quantitative estimate of drug-likeness (QED) is 0.469. The summed E-state index contributed by atoms with van der Waals surface area (Å²) in [6, 6.07) is 1.89. The van der Waals surface area contributed by atoms with Crippen molar-refractivity contribution in [3.63, 3.8) is 0 Å². The molecule has 1 rings (SSSR count). The van der Waals surface area contributed by atoms with E-state index in [-0.39, 0.29) is 39.9 Å². The largest absolute Gasteiger partial charge is 0.481 e. The Morgan fingerprint density at radius 2 is 1.96 bits per heavy atom. The Labute approximate surface area is 148 Å². The predicted octanol–water partition coefficient (Wildman–Crippen LogP) is 0.453. The summed E-state index contributed by atoms with van der Waals surface area (Å²) in [5, 5.41) is 28.7. The molecule has 1 aromatic rings. The number of carbonyl (C=O) groups is 3. The number of ketones is 1. The van der Waals surface area contributed by atoms with Gasteiger partial charge in [-0.1, -0.05) is 0 Å². The minimum absolute atomic E-state index is 0.0244. The van der Waals surface area contributed by atoms with E-state index in [2.05, 4.69) is 4.74 Å². The number of nitrogens with zero attached hydrogens (tertiary/aromatic N) is 2. The molecule has 9 nitrogen and oxygen atoms in total. The van der Waals surface area contributed by atoms with Gasteiger partial charge in [-0.05, 0) is 6.92 Å². The van der Waals surface area contributed by atoms with E-state index in [9.17, 15) is 24.8 Å². The number of methoxy groups -OCH3 is 2. The number of carboxylic acid groups (broad SMARTS) is 1. The van der Waals surface area contributed by atoms with Gasteiger partial charge >= 0.3 is 11.9 Å². The van der Waals surface area contributed by atoms with Crippen LogP contribution in [0, 0.1) is 11.3 Å². The Morgan fingerprint density at radius 3 is 2.40 bits per heavy atom. The number of ether oxygens (including phenoxy) is 2. The molecule has 1 atom stereocenters. The molecule has 0 saturated carbocycles. The highest BCUT2D eigenvalue weighted by molar-refractivity contribution is 7.16. The molecule has 1 heterocycles. The molecule has 25 heavy (non-hydrogen) atoms. The molecule has 2 N–H and O–H groups in total. The van der Waals surface area contributed by atoms with Gasteiger partial charge in [0.2, 0.25) is 0 Å². The Morgan fingerprint density at radius 1 is 1.32 bits per heavy atom. The van der Waals surface area contributed by atoms with Gasteiger partial charge in [-0.3, -0.25) is 14.4 Å². The van der Waals surface area contributed by atoms with Crippen molar-refractivity contribution in [2.75, 3.05) is 32.2 Å². The SMILES string of the molecule is COC(=O)CN(CC(C)=O)c1sc(C(O)OC)c(CC(=O)O)c1C#N. The van der Waals surface area contributed by atoms with E-state index in [0.717, 1.165) is 11.3 Å². The van der Waals surface area contributed by atoms with Crippen molar-refractivity contribution in [3.8, 4) is 6.07 Å². The van der Waals surface area contributed by atoms with Gasteiger partial charge in [-0.25, -0.2) is 0 Å². The smallest absolute Gasteiger partial charge is 0.325 e. The van der Waals surface area contributed by atoms with Crippen molar-refractivity contribution in [3.05, 3.63) is 16.0 Å². The van der Waals surface area contributed by atoms with Crippen molar-refractivity contribution in [1.29, 1.82) is 5.26 Å². The van der Waals surface area contributed by atoms with Crippen LogP contribution in [0.1, 0.15) is 29.2 Å². The Bertz CT molecular complexity index is 707. The number of rotatable bonds is 9. The van der Waals surface area contributed by atoms with E-state index in [1.165, 1.54) is 26.0 Å². The zero-order valence-corrected chi connectivity index (χ0v) is 14.8. The molecule has 0 saturated heterocycles. The average molecular weight is 370 g/mol. The number of aliphatic hydroxyl groups excluding tert-OH is 1. The zero-order chi connectivity index (χ0) is 19.1. The number of aliphatic carboxylic acids is 1. The van der Waals surface area contributed by atoms with Crippen molar-refractivity contribution in [2.24, 2.45) is 0 Å². The van der Waals surface area contributed by atoms with E-state index >= 15 is 0 Å². The van der Waals surface area contributed by atoms with Crippen molar-refractivity contribution in [2.45, 2.75) is 19.6 Å². The molecule has 0 aliphatic rings. The average Bonchev–Trinajstić information content (AvgIpc) is 2.90. The van der Waals surface area contributed by atoms with Crippen molar-refractivity contribution in [1.82, 2.24) is 0 Å². The fourth-order valence-corrected chi connectivity index (χ4v) is 3.36. The Kier molecular flexibility index (Phi) is 7.50. The first-order valence-electron chi connectivity index (χ1n) is 7.04. The first-order chi connectivity index (χ1) is 11.7. The van der Waals surface area contributed by atoms with Gasteiger partial charge in [-0.2, -0.15) is 5.26 Å². The molecule has 0 aliphatic carbocycles. The van der Waals surface area contributed by atoms with E-state index in [1.807, 2.05) is 6.07 Å². The van der Waals surface area contributed by atoms with Crippen LogP contribution >= 0.6 is 11.3 Å². The normalized spacial score (nSPS) is 11.5. The summed E-state index contributed by atoms with van der Waals surface area (Å²) < 4.78 is 9.41. The van der Waals surface area contributed by atoms with Crippen LogP contribution in [0.3, 0.4) is 0 Å². The maximum atomic E-state index is 11.6. The third-order valence-corrected chi connectivity index (χ3v) is 4.48. The number of hydrogen-bond donors (Lipinski definition) is 2. The molecule has 0 fully saturated rings. The Balaban J connectivity index is 3.50. The van der Waals surface area contributed by atoms with Crippen LogP contribution in [-0.4, -0.2) is 55.2 Å². The second-order valence-corrected chi connectivity index (χ2v) is 6.06. The molecule has 0 aromatic carbocycles. The summed E-state index contributed by atoms with van der Waals surface area (Å²) in [6.07, 6.45) is -1.95. The molecule has 1 unspecified atom stereocenters. The summed E-state index contributed by atoms with van der Waals surface area (Å²) >= 11 is 0.893. The molecule has 0 bridgehead atoms. The number of esters is 1. The molecule has 0 spiro atoms. The highest BCUT2D eigenvalue weighted by Crippen LogP contribution is 2.39. The monoisotopic (exact) mass is 370 g/mol. The number of carbonyl (C=O) groups excluding carboxylic acids is 2. The molecule has 10 heteroatoms. The molecular weight excluding hydrogens is 352 g/mol. The van der Waals surface area contributed by atoms with E-state index in [4.69, 9.17) is 9.84 Å². The summed E-state index contributed by atoms with van der Waals surface area (Å²) in [7, 11) is 2.41. The summed E-state index contributed by atoms with van der Waals surface area (Å²) in [6.45, 7) is 0.826. The van der Waals surface area contributed by atoms with Crippen LogP contribution in [0.25, 0.3) is 0 Å². The van der Waals surface area contributed by atoms with Gasteiger partial charge in [0.15, 0.2) is 6.29 Å². The van der Waals surface area contributed by atoms with Gasteiger partial charge in [-0.15, -0.1) is 11.3 Å². The maximum absolute atomic E-state index is 11.6.